The summed E-state index contributed by atoms with van der Waals surface area (Å²) in [7, 11) is 0. The topological polar surface area (TPSA) is 12.5 Å². The second-order valence-corrected chi connectivity index (χ2v) is 10.00. The first kappa shape index (κ1) is 27.7. The molecular weight excluding hydrogens is 474 g/mol. The number of anilines is 2. The molecule has 198 valence electrons. The Kier molecular flexibility index (Phi) is 8.88. The number of aryl methyl sites for hydroxylation is 3. The molecule has 1 aliphatic heterocycles. The quantitative estimate of drug-likeness (QED) is 0.264. The molecule has 0 N–H and O–H groups in total. The van der Waals surface area contributed by atoms with E-state index in [0.29, 0.717) is 6.54 Å². The number of allylic oxidation sites excluding steroid dienone is 9. The van der Waals surface area contributed by atoms with Crippen LogP contribution in [0.3, 0.4) is 0 Å². The number of fused-ring (bicyclic) bond motifs is 2. The van der Waals surface area contributed by atoms with Gasteiger partial charge in [-0.3, -0.25) is 0 Å². The summed E-state index contributed by atoms with van der Waals surface area (Å²) in [5, 5.41) is 0. The highest BCUT2D eigenvalue weighted by atomic mass is 16.5. The maximum atomic E-state index is 6.36. The van der Waals surface area contributed by atoms with Gasteiger partial charge in [-0.25, -0.2) is 0 Å². The third-order valence-electron chi connectivity index (χ3n) is 7.12. The molecule has 1 heterocycles. The molecule has 4 rings (SSSR count). The van der Waals surface area contributed by atoms with Crippen LogP contribution in [0, 0.1) is 20.8 Å². The van der Waals surface area contributed by atoms with Crippen molar-refractivity contribution in [1.82, 2.24) is 0 Å². The van der Waals surface area contributed by atoms with Crippen LogP contribution in [0.5, 0.6) is 11.5 Å². The summed E-state index contributed by atoms with van der Waals surface area (Å²) >= 11 is 0. The normalized spacial score (nSPS) is 13.9. The third-order valence-corrected chi connectivity index (χ3v) is 7.12. The smallest absolute Gasteiger partial charge is 0.151 e. The van der Waals surface area contributed by atoms with Crippen molar-refractivity contribution in [3.05, 3.63) is 149 Å². The van der Waals surface area contributed by atoms with E-state index in [4.69, 9.17) is 4.74 Å². The Morgan fingerprint density at radius 3 is 2.38 bits per heavy atom. The van der Waals surface area contributed by atoms with Crippen LogP contribution in [-0.4, -0.2) is 6.54 Å². The zero-order valence-electron chi connectivity index (χ0n) is 23.9. The highest BCUT2D eigenvalue weighted by molar-refractivity contribution is 5.83. The van der Waals surface area contributed by atoms with E-state index in [1.165, 1.54) is 27.8 Å². The van der Waals surface area contributed by atoms with Crippen molar-refractivity contribution >= 4 is 16.9 Å². The van der Waals surface area contributed by atoms with E-state index < -0.39 is 0 Å². The molecule has 0 saturated carbocycles. The molecule has 1 aliphatic rings. The van der Waals surface area contributed by atoms with Crippen LogP contribution in [0.15, 0.2) is 127 Å². The number of benzene rings is 3. The van der Waals surface area contributed by atoms with Gasteiger partial charge in [-0.1, -0.05) is 92.9 Å². The lowest BCUT2D eigenvalue weighted by Crippen LogP contribution is -2.22. The molecule has 3 aromatic rings. The molecule has 2 heteroatoms. The molecule has 0 fully saturated rings. The summed E-state index contributed by atoms with van der Waals surface area (Å²) in [5.74, 6) is 1.77. The maximum Gasteiger partial charge on any atom is 0.151 e. The summed E-state index contributed by atoms with van der Waals surface area (Å²) in [6.45, 7) is 19.6. The van der Waals surface area contributed by atoms with Crippen molar-refractivity contribution in [1.29, 1.82) is 0 Å². The van der Waals surface area contributed by atoms with E-state index in [1.807, 2.05) is 12.2 Å². The number of rotatable bonds is 9. The van der Waals surface area contributed by atoms with Crippen LogP contribution in [0.1, 0.15) is 42.5 Å². The van der Waals surface area contributed by atoms with Gasteiger partial charge in [-0.2, -0.15) is 0 Å². The van der Waals surface area contributed by atoms with Gasteiger partial charge in [0.05, 0.1) is 11.4 Å². The van der Waals surface area contributed by atoms with Crippen LogP contribution in [0.25, 0.3) is 5.57 Å². The molecular formula is C37H39NO. The third kappa shape index (κ3) is 6.07. The number of nitrogens with zero attached hydrogens (tertiary/aromatic N) is 1. The zero-order valence-corrected chi connectivity index (χ0v) is 23.9. The first-order chi connectivity index (χ1) is 18.9. The minimum Gasteiger partial charge on any atom is -0.453 e. The van der Waals surface area contributed by atoms with Gasteiger partial charge in [0.1, 0.15) is 0 Å². The fourth-order valence-corrected chi connectivity index (χ4v) is 5.05. The van der Waals surface area contributed by atoms with E-state index in [-0.39, 0.29) is 0 Å². The maximum absolute atomic E-state index is 6.36. The van der Waals surface area contributed by atoms with Gasteiger partial charge >= 0.3 is 0 Å². The Morgan fingerprint density at radius 2 is 1.67 bits per heavy atom. The van der Waals surface area contributed by atoms with Crippen LogP contribution >= 0.6 is 0 Å². The van der Waals surface area contributed by atoms with E-state index in [0.717, 1.165) is 46.0 Å². The average molecular weight is 514 g/mol. The van der Waals surface area contributed by atoms with Crippen LogP contribution in [0.2, 0.25) is 0 Å². The molecule has 0 radical (unpaired) electrons. The Balaban J connectivity index is 1.88. The van der Waals surface area contributed by atoms with Gasteiger partial charge in [-0.05, 0) is 103 Å². The predicted molar refractivity (Wildman–Crippen MR) is 169 cm³/mol. The highest BCUT2D eigenvalue weighted by Crippen LogP contribution is 2.48. The van der Waals surface area contributed by atoms with Gasteiger partial charge in [0.2, 0.25) is 0 Å². The standard InChI is InChI=1S/C37H39NO/c1-8-11-15-27(5)32(10-3)30(9-2)25-31(33-18-13-12-16-28(33)6)22-23-38-34-21-20-26(4)24-36(34)39-35-19-14-17-29(7)37(35)38/h9-22,24-25H,2-3,8,23H2,1,4-7H3/b15-11-,30-25+,31-22+,32-27+. The Morgan fingerprint density at radius 1 is 0.897 bits per heavy atom. The molecule has 0 atom stereocenters. The fraction of sp³-hybridized carbons (Fsp3) is 0.189. The SMILES string of the molecule is C=CC(=C\C(=C/CN1c2ccc(C)cc2Oc2cccc(C)c21)c1ccccc1C)/C(C=C)=C(C)/C=C\CC. The van der Waals surface area contributed by atoms with Crippen molar-refractivity contribution in [3.8, 4) is 11.5 Å². The first-order valence-electron chi connectivity index (χ1n) is 13.6. The lowest BCUT2D eigenvalue weighted by Gasteiger charge is -2.33. The monoisotopic (exact) mass is 513 g/mol. The second kappa shape index (κ2) is 12.5. The Hall–Kier alpha value is -4.30. The summed E-state index contributed by atoms with van der Waals surface area (Å²) in [6.07, 6.45) is 13.7. The van der Waals surface area contributed by atoms with E-state index >= 15 is 0 Å². The van der Waals surface area contributed by atoms with Gasteiger partial charge in [0.25, 0.3) is 0 Å². The van der Waals surface area contributed by atoms with Crippen LogP contribution in [0.4, 0.5) is 11.4 Å². The zero-order chi connectivity index (χ0) is 27.9. The second-order valence-electron chi connectivity index (χ2n) is 10.00. The summed E-state index contributed by atoms with van der Waals surface area (Å²) in [4.78, 5) is 2.36. The van der Waals surface area contributed by atoms with Gasteiger partial charge in [0.15, 0.2) is 11.5 Å². The summed E-state index contributed by atoms with van der Waals surface area (Å²) in [6, 6.07) is 21.2. The lowest BCUT2D eigenvalue weighted by molar-refractivity contribution is 0.473. The van der Waals surface area contributed by atoms with Crippen molar-refractivity contribution in [2.75, 3.05) is 11.4 Å². The summed E-state index contributed by atoms with van der Waals surface area (Å²) in [5.41, 5.74) is 11.4. The van der Waals surface area contributed by atoms with Gasteiger partial charge in [0, 0.05) is 6.54 Å². The van der Waals surface area contributed by atoms with E-state index in [2.05, 4.69) is 138 Å². The molecule has 0 saturated heterocycles. The molecule has 0 bridgehead atoms. The predicted octanol–water partition coefficient (Wildman–Crippen LogP) is 10.5. The number of hydrogen-bond donors (Lipinski definition) is 0. The molecule has 0 unspecified atom stereocenters. The van der Waals surface area contributed by atoms with E-state index in [9.17, 15) is 0 Å². The molecule has 0 spiro atoms. The van der Waals surface area contributed by atoms with Crippen LogP contribution < -0.4 is 9.64 Å². The van der Waals surface area contributed by atoms with Crippen molar-refractivity contribution in [3.63, 3.8) is 0 Å². The fourth-order valence-electron chi connectivity index (χ4n) is 5.05. The minimum atomic E-state index is 0.684. The number of hydrogen-bond acceptors (Lipinski definition) is 2. The molecule has 39 heavy (non-hydrogen) atoms. The summed E-state index contributed by atoms with van der Waals surface area (Å²) < 4.78 is 6.36. The minimum absolute atomic E-state index is 0.684. The molecule has 0 aromatic heterocycles. The molecule has 0 amide bonds. The van der Waals surface area contributed by atoms with Crippen LogP contribution in [-0.2, 0) is 0 Å². The molecule has 0 aliphatic carbocycles. The molecule has 2 nitrogen and oxygen atoms in total. The Labute approximate surface area is 234 Å². The van der Waals surface area contributed by atoms with Crippen molar-refractivity contribution in [2.24, 2.45) is 0 Å². The van der Waals surface area contributed by atoms with Gasteiger partial charge in [-0.15, -0.1) is 0 Å². The van der Waals surface area contributed by atoms with Gasteiger partial charge < -0.3 is 9.64 Å². The van der Waals surface area contributed by atoms with Crippen molar-refractivity contribution in [2.45, 2.75) is 41.0 Å². The largest absolute Gasteiger partial charge is 0.453 e. The van der Waals surface area contributed by atoms with Crippen molar-refractivity contribution < 1.29 is 4.74 Å². The average Bonchev–Trinajstić information content (AvgIpc) is 2.93. The molecule has 3 aromatic carbocycles. The lowest BCUT2D eigenvalue weighted by atomic mass is 9.93. The first-order valence-corrected chi connectivity index (χ1v) is 13.6. The van der Waals surface area contributed by atoms with E-state index in [1.54, 1.807) is 0 Å². The number of ether oxygens (including phenoxy) is 1. The number of para-hydroxylation sites is 1. The Bertz CT molecular complexity index is 1510. The highest BCUT2D eigenvalue weighted by Gasteiger charge is 2.25.